The summed E-state index contributed by atoms with van der Waals surface area (Å²) < 4.78 is 0. The van der Waals surface area contributed by atoms with Crippen LogP contribution in [-0.4, -0.2) is 6.54 Å². The normalized spacial score (nSPS) is 10.3. The van der Waals surface area contributed by atoms with Crippen LogP contribution in [0.2, 0.25) is 0 Å². The van der Waals surface area contributed by atoms with Crippen molar-refractivity contribution in [3.05, 3.63) is 42.0 Å². The Morgan fingerprint density at radius 2 is 1.86 bits per heavy atom. The molecular weight excluding hydrogens is 170 g/mol. The van der Waals surface area contributed by atoms with Crippen LogP contribution < -0.4 is 5.32 Å². The lowest BCUT2D eigenvalue weighted by molar-refractivity contribution is 0.618. The first kappa shape index (κ1) is 10.8. The molecule has 0 saturated carbocycles. The van der Waals surface area contributed by atoms with Crippen LogP contribution in [0, 0.1) is 12.8 Å². The fraction of sp³-hybridized carbons (Fsp3) is 0.385. The predicted octanol–water partition coefficient (Wildman–Crippen LogP) is 3.21. The van der Waals surface area contributed by atoms with Crippen LogP contribution in [0.4, 0.5) is 0 Å². The molecule has 14 heavy (non-hydrogen) atoms. The zero-order chi connectivity index (χ0) is 10.6. The van der Waals surface area contributed by atoms with Crippen LogP contribution in [0.5, 0.6) is 0 Å². The molecule has 1 heteroatoms. The number of nitrogens with one attached hydrogen (secondary N) is 1. The standard InChI is InChI=1S/C13H19N/c1-10(2)9-14-12(4)13-7-5-11(3)6-8-13/h5-8,10,14H,4,9H2,1-3H3. The molecule has 1 aromatic carbocycles. The fourth-order valence-corrected chi connectivity index (χ4v) is 1.18. The molecule has 0 aliphatic rings. The summed E-state index contributed by atoms with van der Waals surface area (Å²) in [5.74, 6) is 0.650. The Balaban J connectivity index is 2.57. The summed E-state index contributed by atoms with van der Waals surface area (Å²) >= 11 is 0. The van der Waals surface area contributed by atoms with Crippen molar-refractivity contribution in [1.29, 1.82) is 0 Å². The molecule has 1 N–H and O–H groups in total. The highest BCUT2D eigenvalue weighted by atomic mass is 14.9. The van der Waals surface area contributed by atoms with Gasteiger partial charge in [0.25, 0.3) is 0 Å². The molecule has 0 atom stereocenters. The average molecular weight is 189 g/mol. The van der Waals surface area contributed by atoms with Gasteiger partial charge in [0.05, 0.1) is 0 Å². The Bertz CT molecular complexity index is 296. The van der Waals surface area contributed by atoms with Gasteiger partial charge >= 0.3 is 0 Å². The van der Waals surface area contributed by atoms with Crippen molar-refractivity contribution in [2.75, 3.05) is 6.54 Å². The number of benzene rings is 1. The van der Waals surface area contributed by atoms with E-state index in [-0.39, 0.29) is 0 Å². The van der Waals surface area contributed by atoms with Crippen LogP contribution in [0.25, 0.3) is 5.70 Å². The van der Waals surface area contributed by atoms with E-state index in [4.69, 9.17) is 0 Å². The Labute approximate surface area is 86.8 Å². The number of hydrogen-bond acceptors (Lipinski definition) is 1. The first-order valence-corrected chi connectivity index (χ1v) is 5.09. The maximum absolute atomic E-state index is 4.02. The van der Waals surface area contributed by atoms with E-state index < -0.39 is 0 Å². The fourth-order valence-electron chi connectivity index (χ4n) is 1.18. The molecule has 0 saturated heterocycles. The minimum atomic E-state index is 0.650. The van der Waals surface area contributed by atoms with Gasteiger partial charge in [0.1, 0.15) is 0 Å². The molecule has 0 bridgehead atoms. The van der Waals surface area contributed by atoms with E-state index in [0.29, 0.717) is 5.92 Å². The second kappa shape index (κ2) is 4.85. The molecule has 0 aliphatic carbocycles. The van der Waals surface area contributed by atoms with Gasteiger partial charge in [0.15, 0.2) is 0 Å². The molecule has 1 rings (SSSR count). The van der Waals surface area contributed by atoms with Crippen molar-refractivity contribution in [3.8, 4) is 0 Å². The van der Waals surface area contributed by atoms with E-state index in [1.54, 1.807) is 0 Å². The minimum Gasteiger partial charge on any atom is -0.385 e. The lowest BCUT2D eigenvalue weighted by Gasteiger charge is -2.11. The zero-order valence-corrected chi connectivity index (χ0v) is 9.30. The average Bonchev–Trinajstić information content (AvgIpc) is 2.15. The molecule has 0 heterocycles. The molecule has 0 amide bonds. The highest BCUT2D eigenvalue weighted by Crippen LogP contribution is 2.10. The van der Waals surface area contributed by atoms with Crippen molar-refractivity contribution in [2.45, 2.75) is 20.8 Å². The molecule has 1 aromatic rings. The van der Waals surface area contributed by atoms with Gasteiger partial charge in [-0.15, -0.1) is 0 Å². The Morgan fingerprint density at radius 1 is 1.29 bits per heavy atom. The third-order valence-corrected chi connectivity index (χ3v) is 2.12. The van der Waals surface area contributed by atoms with E-state index in [9.17, 15) is 0 Å². The van der Waals surface area contributed by atoms with Gasteiger partial charge in [-0.3, -0.25) is 0 Å². The molecule has 0 unspecified atom stereocenters. The molecule has 0 aromatic heterocycles. The third kappa shape index (κ3) is 3.25. The van der Waals surface area contributed by atoms with Gasteiger partial charge in [-0.05, 0) is 18.4 Å². The summed E-state index contributed by atoms with van der Waals surface area (Å²) in [6, 6.07) is 8.42. The van der Waals surface area contributed by atoms with Crippen molar-refractivity contribution in [2.24, 2.45) is 5.92 Å². The number of aryl methyl sites for hydroxylation is 1. The monoisotopic (exact) mass is 189 g/mol. The van der Waals surface area contributed by atoms with Crippen LogP contribution in [0.3, 0.4) is 0 Å². The van der Waals surface area contributed by atoms with Gasteiger partial charge in [0.2, 0.25) is 0 Å². The second-order valence-corrected chi connectivity index (χ2v) is 4.12. The first-order valence-electron chi connectivity index (χ1n) is 5.09. The van der Waals surface area contributed by atoms with Crippen molar-refractivity contribution in [3.63, 3.8) is 0 Å². The quantitative estimate of drug-likeness (QED) is 0.767. The maximum Gasteiger partial charge on any atom is 0.0340 e. The van der Waals surface area contributed by atoms with Gasteiger partial charge in [-0.2, -0.15) is 0 Å². The lowest BCUT2D eigenvalue weighted by Crippen LogP contribution is -2.17. The predicted molar refractivity (Wildman–Crippen MR) is 63.1 cm³/mol. The Morgan fingerprint density at radius 3 is 2.36 bits per heavy atom. The molecule has 0 radical (unpaired) electrons. The van der Waals surface area contributed by atoms with Gasteiger partial charge in [-0.1, -0.05) is 50.3 Å². The Kier molecular flexibility index (Phi) is 3.75. The van der Waals surface area contributed by atoms with E-state index in [1.165, 1.54) is 11.1 Å². The number of hydrogen-bond donors (Lipinski definition) is 1. The smallest absolute Gasteiger partial charge is 0.0340 e. The summed E-state index contributed by atoms with van der Waals surface area (Å²) in [6.45, 7) is 11.5. The minimum absolute atomic E-state index is 0.650. The molecule has 1 nitrogen and oxygen atoms in total. The lowest BCUT2D eigenvalue weighted by atomic mass is 10.1. The maximum atomic E-state index is 4.02. The third-order valence-electron chi connectivity index (χ3n) is 2.12. The highest BCUT2D eigenvalue weighted by molar-refractivity contribution is 5.61. The van der Waals surface area contributed by atoms with Gasteiger partial charge in [-0.25, -0.2) is 0 Å². The molecule has 76 valence electrons. The number of rotatable bonds is 4. The molecule has 0 spiro atoms. The summed E-state index contributed by atoms with van der Waals surface area (Å²) in [5.41, 5.74) is 3.47. The Hall–Kier alpha value is -1.24. The first-order chi connectivity index (χ1) is 6.59. The van der Waals surface area contributed by atoms with Crippen LogP contribution in [0.1, 0.15) is 25.0 Å². The summed E-state index contributed by atoms with van der Waals surface area (Å²) in [5, 5.41) is 3.32. The van der Waals surface area contributed by atoms with E-state index >= 15 is 0 Å². The van der Waals surface area contributed by atoms with E-state index in [1.807, 2.05) is 0 Å². The van der Waals surface area contributed by atoms with Gasteiger partial charge < -0.3 is 5.32 Å². The molecule has 0 fully saturated rings. The summed E-state index contributed by atoms with van der Waals surface area (Å²) in [4.78, 5) is 0. The van der Waals surface area contributed by atoms with Crippen LogP contribution >= 0.6 is 0 Å². The SMILES string of the molecule is C=C(NCC(C)C)c1ccc(C)cc1. The van der Waals surface area contributed by atoms with Crippen LogP contribution in [-0.2, 0) is 0 Å². The largest absolute Gasteiger partial charge is 0.385 e. The van der Waals surface area contributed by atoms with Crippen molar-refractivity contribution in [1.82, 2.24) is 5.32 Å². The van der Waals surface area contributed by atoms with E-state index in [0.717, 1.165) is 12.2 Å². The van der Waals surface area contributed by atoms with Crippen molar-refractivity contribution < 1.29 is 0 Å². The molecule has 0 aliphatic heterocycles. The molecular formula is C13H19N. The topological polar surface area (TPSA) is 12.0 Å². The summed E-state index contributed by atoms with van der Waals surface area (Å²) in [6.07, 6.45) is 0. The van der Waals surface area contributed by atoms with Gasteiger partial charge in [0, 0.05) is 12.2 Å². The summed E-state index contributed by atoms with van der Waals surface area (Å²) in [7, 11) is 0. The highest BCUT2D eigenvalue weighted by Gasteiger charge is 1.98. The van der Waals surface area contributed by atoms with Crippen molar-refractivity contribution >= 4 is 5.70 Å². The zero-order valence-electron chi connectivity index (χ0n) is 9.30. The second-order valence-electron chi connectivity index (χ2n) is 4.12. The van der Waals surface area contributed by atoms with E-state index in [2.05, 4.69) is 56.9 Å². The van der Waals surface area contributed by atoms with Crippen LogP contribution in [0.15, 0.2) is 30.8 Å².